The van der Waals surface area contributed by atoms with E-state index in [1.165, 1.54) is 25.3 Å². The van der Waals surface area contributed by atoms with E-state index in [9.17, 15) is 9.18 Å². The van der Waals surface area contributed by atoms with E-state index in [-0.39, 0.29) is 0 Å². The van der Waals surface area contributed by atoms with Crippen LogP contribution in [-0.4, -0.2) is 17.8 Å². The summed E-state index contributed by atoms with van der Waals surface area (Å²) in [5.41, 5.74) is 0. The van der Waals surface area contributed by atoms with Gasteiger partial charge in [-0.25, -0.2) is 4.39 Å². The molecule has 5 heteroatoms. The molecule has 0 aliphatic heterocycles. The Labute approximate surface area is 103 Å². The molecule has 0 N–H and O–H groups in total. The molecule has 0 aromatic heterocycles. The van der Waals surface area contributed by atoms with Crippen LogP contribution < -0.4 is 0 Å². The van der Waals surface area contributed by atoms with E-state index in [0.29, 0.717) is 9.92 Å². The number of carbonyl (C=O) groups excluding carboxylic acids is 1. The number of thioether (sulfide) groups is 1. The van der Waals surface area contributed by atoms with Gasteiger partial charge in [-0.1, -0.05) is 11.6 Å². The SMILES string of the molecule is COC(=O)C(C)(C)Sc1cc(Cl)ccc1F. The molecule has 2 nitrogen and oxygen atoms in total. The van der Waals surface area contributed by atoms with E-state index in [1.807, 2.05) is 0 Å². The second kappa shape index (κ2) is 5.06. The van der Waals surface area contributed by atoms with Gasteiger partial charge in [0, 0.05) is 9.92 Å². The summed E-state index contributed by atoms with van der Waals surface area (Å²) in [6.45, 7) is 3.34. The minimum absolute atomic E-state index is 0.336. The standard InChI is InChI=1S/C11H12ClFO2S/c1-11(2,10(14)15-3)16-9-6-7(12)4-5-8(9)13/h4-6H,1-3H3. The van der Waals surface area contributed by atoms with Gasteiger partial charge in [0.2, 0.25) is 0 Å². The summed E-state index contributed by atoms with van der Waals surface area (Å²) in [6.07, 6.45) is 0. The largest absolute Gasteiger partial charge is 0.468 e. The summed E-state index contributed by atoms with van der Waals surface area (Å²) in [5.74, 6) is -0.803. The fraction of sp³-hybridized carbons (Fsp3) is 0.364. The van der Waals surface area contributed by atoms with Crippen molar-refractivity contribution >= 4 is 29.3 Å². The molecule has 0 amide bonds. The fourth-order valence-electron chi connectivity index (χ4n) is 1.12. The normalized spacial score (nSPS) is 11.3. The molecule has 88 valence electrons. The summed E-state index contributed by atoms with van der Waals surface area (Å²) in [7, 11) is 1.30. The number of carbonyl (C=O) groups is 1. The van der Waals surface area contributed by atoms with Crippen molar-refractivity contribution in [1.29, 1.82) is 0 Å². The number of esters is 1. The van der Waals surface area contributed by atoms with Crippen LogP contribution in [-0.2, 0) is 9.53 Å². The molecule has 0 aliphatic rings. The first-order valence-electron chi connectivity index (χ1n) is 4.59. The molecule has 0 spiro atoms. The second-order valence-corrected chi connectivity index (χ2v) is 5.78. The van der Waals surface area contributed by atoms with Gasteiger partial charge in [0.1, 0.15) is 10.6 Å². The summed E-state index contributed by atoms with van der Waals surface area (Å²) in [5, 5.41) is 0.435. The van der Waals surface area contributed by atoms with Gasteiger partial charge in [-0.15, -0.1) is 11.8 Å². The topological polar surface area (TPSA) is 26.3 Å². The third-order valence-corrected chi connectivity index (χ3v) is 3.38. The zero-order chi connectivity index (χ0) is 12.3. The first-order valence-corrected chi connectivity index (χ1v) is 5.79. The Hall–Kier alpha value is -0.740. The highest BCUT2D eigenvalue weighted by Gasteiger charge is 2.31. The van der Waals surface area contributed by atoms with Gasteiger partial charge in [-0.3, -0.25) is 4.79 Å². The molecule has 1 rings (SSSR count). The molecule has 0 heterocycles. The molecule has 0 atom stereocenters. The van der Waals surface area contributed by atoms with Gasteiger partial charge in [0.05, 0.1) is 7.11 Å². The lowest BCUT2D eigenvalue weighted by molar-refractivity contribution is -0.142. The first kappa shape index (κ1) is 13.3. The molecular weight excluding hydrogens is 251 g/mol. The lowest BCUT2D eigenvalue weighted by Gasteiger charge is -2.20. The maximum atomic E-state index is 13.4. The average Bonchev–Trinajstić information content (AvgIpc) is 2.22. The molecule has 0 unspecified atom stereocenters. The smallest absolute Gasteiger partial charge is 0.321 e. The molecule has 0 saturated heterocycles. The van der Waals surface area contributed by atoms with Gasteiger partial charge < -0.3 is 4.74 Å². The predicted molar refractivity (Wildman–Crippen MR) is 63.4 cm³/mol. The van der Waals surface area contributed by atoms with Crippen LogP contribution in [0.5, 0.6) is 0 Å². The minimum Gasteiger partial charge on any atom is -0.468 e. The van der Waals surface area contributed by atoms with Gasteiger partial charge in [-0.2, -0.15) is 0 Å². The Kier molecular flexibility index (Phi) is 4.21. The highest BCUT2D eigenvalue weighted by molar-refractivity contribution is 8.01. The number of hydrogen-bond donors (Lipinski definition) is 0. The summed E-state index contributed by atoms with van der Waals surface area (Å²) < 4.78 is 17.2. The predicted octanol–water partition coefficient (Wildman–Crippen LogP) is 3.52. The number of ether oxygens (including phenoxy) is 1. The van der Waals surface area contributed by atoms with E-state index in [2.05, 4.69) is 4.74 Å². The molecule has 16 heavy (non-hydrogen) atoms. The van der Waals surface area contributed by atoms with E-state index in [1.54, 1.807) is 13.8 Å². The highest BCUT2D eigenvalue weighted by Crippen LogP contribution is 2.36. The summed E-state index contributed by atoms with van der Waals surface area (Å²) >= 11 is 6.85. The Bertz CT molecular complexity index is 407. The summed E-state index contributed by atoms with van der Waals surface area (Å²) in [6, 6.07) is 4.23. The first-order chi connectivity index (χ1) is 7.36. The quantitative estimate of drug-likeness (QED) is 0.616. The maximum Gasteiger partial charge on any atom is 0.321 e. The molecule has 1 aromatic rings. The Morgan fingerprint density at radius 2 is 2.12 bits per heavy atom. The minimum atomic E-state index is -0.847. The van der Waals surface area contributed by atoms with E-state index >= 15 is 0 Å². The number of methoxy groups -OCH3 is 1. The van der Waals surface area contributed by atoms with Crippen LogP contribution in [0.15, 0.2) is 23.1 Å². The number of hydrogen-bond acceptors (Lipinski definition) is 3. The van der Waals surface area contributed by atoms with Crippen LogP contribution in [0.4, 0.5) is 4.39 Å². The zero-order valence-electron chi connectivity index (χ0n) is 9.21. The average molecular weight is 263 g/mol. The molecule has 0 aliphatic carbocycles. The number of rotatable bonds is 3. The Morgan fingerprint density at radius 3 is 2.69 bits per heavy atom. The molecule has 0 bridgehead atoms. The van der Waals surface area contributed by atoms with Crippen molar-refractivity contribution in [1.82, 2.24) is 0 Å². The third kappa shape index (κ3) is 3.12. The van der Waals surface area contributed by atoms with Gasteiger partial charge in [-0.05, 0) is 32.0 Å². The van der Waals surface area contributed by atoms with Gasteiger partial charge in [0.15, 0.2) is 0 Å². The summed E-state index contributed by atoms with van der Waals surface area (Å²) in [4.78, 5) is 11.8. The zero-order valence-corrected chi connectivity index (χ0v) is 10.8. The van der Waals surface area contributed by atoms with Crippen LogP contribution in [0.3, 0.4) is 0 Å². The lowest BCUT2D eigenvalue weighted by atomic mass is 10.2. The van der Waals surface area contributed by atoms with Crippen molar-refractivity contribution in [3.05, 3.63) is 29.0 Å². The lowest BCUT2D eigenvalue weighted by Crippen LogP contribution is -2.29. The van der Waals surface area contributed by atoms with Crippen LogP contribution >= 0.6 is 23.4 Å². The monoisotopic (exact) mass is 262 g/mol. The number of halogens is 2. The molecule has 0 radical (unpaired) electrons. The fourth-order valence-corrected chi connectivity index (χ4v) is 2.42. The molecule has 0 saturated carbocycles. The van der Waals surface area contributed by atoms with Crippen molar-refractivity contribution in [2.24, 2.45) is 0 Å². The van der Waals surface area contributed by atoms with Gasteiger partial charge in [0.25, 0.3) is 0 Å². The maximum absolute atomic E-state index is 13.4. The number of benzene rings is 1. The van der Waals surface area contributed by atoms with Crippen molar-refractivity contribution in [2.75, 3.05) is 7.11 Å². The highest BCUT2D eigenvalue weighted by atomic mass is 35.5. The second-order valence-electron chi connectivity index (χ2n) is 3.68. The van der Waals surface area contributed by atoms with E-state index in [4.69, 9.17) is 11.6 Å². The van der Waals surface area contributed by atoms with E-state index in [0.717, 1.165) is 11.8 Å². The van der Waals surface area contributed by atoms with Gasteiger partial charge >= 0.3 is 5.97 Å². The Morgan fingerprint density at radius 1 is 1.50 bits per heavy atom. The van der Waals surface area contributed by atoms with Crippen molar-refractivity contribution in [3.63, 3.8) is 0 Å². The van der Waals surface area contributed by atoms with E-state index < -0.39 is 16.5 Å². The van der Waals surface area contributed by atoms with Crippen molar-refractivity contribution in [3.8, 4) is 0 Å². The van der Waals surface area contributed by atoms with Crippen molar-refractivity contribution < 1.29 is 13.9 Å². The molecular formula is C11H12ClFO2S. The van der Waals surface area contributed by atoms with Crippen LogP contribution in [0, 0.1) is 5.82 Å². The van der Waals surface area contributed by atoms with Crippen molar-refractivity contribution in [2.45, 2.75) is 23.5 Å². The van der Waals surface area contributed by atoms with Crippen LogP contribution in [0.25, 0.3) is 0 Å². The third-order valence-electron chi connectivity index (χ3n) is 1.94. The van der Waals surface area contributed by atoms with Crippen LogP contribution in [0.2, 0.25) is 5.02 Å². The molecule has 1 aromatic carbocycles. The van der Waals surface area contributed by atoms with Crippen LogP contribution in [0.1, 0.15) is 13.8 Å². The molecule has 0 fully saturated rings. The Balaban J connectivity index is 2.95.